The second kappa shape index (κ2) is 8.11. The van der Waals surface area contributed by atoms with Gasteiger partial charge in [-0.15, -0.1) is 11.3 Å². The number of hydrogen-bond donors (Lipinski definition) is 2. The SMILES string of the molecule is CCc1nc(CCNC(=O)N2CCC(CC)(CO)CC2)sc1C. The molecule has 2 amide bonds. The summed E-state index contributed by atoms with van der Waals surface area (Å²) in [6.45, 7) is 8.66. The molecule has 1 aromatic rings. The van der Waals surface area contributed by atoms with Crippen LogP contribution in [0.1, 0.15) is 48.7 Å². The number of amides is 2. The quantitative estimate of drug-likeness (QED) is 0.837. The number of carbonyl (C=O) groups is 1. The van der Waals surface area contributed by atoms with E-state index in [1.54, 1.807) is 11.3 Å². The van der Waals surface area contributed by atoms with Crippen LogP contribution in [0.4, 0.5) is 4.79 Å². The number of aliphatic hydroxyl groups excluding tert-OH is 1. The maximum absolute atomic E-state index is 12.2. The van der Waals surface area contributed by atoms with Crippen LogP contribution in [-0.4, -0.2) is 47.3 Å². The maximum Gasteiger partial charge on any atom is 0.317 e. The molecule has 0 unspecified atom stereocenters. The zero-order chi connectivity index (χ0) is 16.9. The number of rotatable bonds is 6. The monoisotopic (exact) mass is 339 g/mol. The van der Waals surface area contributed by atoms with E-state index in [-0.39, 0.29) is 18.1 Å². The standard InChI is InChI=1S/C17H29N3O2S/c1-4-14-13(3)23-15(19-14)6-9-18-16(22)20-10-7-17(5-2,12-21)8-11-20/h21H,4-12H2,1-3H3,(H,18,22). The molecular weight excluding hydrogens is 310 g/mol. The van der Waals surface area contributed by atoms with Gasteiger partial charge in [0.25, 0.3) is 0 Å². The van der Waals surface area contributed by atoms with Gasteiger partial charge < -0.3 is 15.3 Å². The molecule has 1 fully saturated rings. The van der Waals surface area contributed by atoms with E-state index in [1.807, 2.05) is 4.90 Å². The molecule has 5 nitrogen and oxygen atoms in total. The van der Waals surface area contributed by atoms with Crippen molar-refractivity contribution in [1.82, 2.24) is 15.2 Å². The molecule has 1 aromatic heterocycles. The number of likely N-dealkylation sites (tertiary alicyclic amines) is 1. The number of aromatic nitrogens is 1. The molecule has 0 radical (unpaired) electrons. The molecule has 6 heteroatoms. The number of hydrogen-bond acceptors (Lipinski definition) is 4. The summed E-state index contributed by atoms with van der Waals surface area (Å²) in [6, 6.07) is 0.0108. The Morgan fingerprint density at radius 3 is 2.61 bits per heavy atom. The van der Waals surface area contributed by atoms with Gasteiger partial charge in [-0.1, -0.05) is 13.8 Å². The van der Waals surface area contributed by atoms with Gasteiger partial charge in [-0.2, -0.15) is 0 Å². The summed E-state index contributed by atoms with van der Waals surface area (Å²) >= 11 is 1.73. The van der Waals surface area contributed by atoms with Crippen LogP contribution in [0.15, 0.2) is 0 Å². The maximum atomic E-state index is 12.2. The van der Waals surface area contributed by atoms with Gasteiger partial charge in [-0.25, -0.2) is 9.78 Å². The number of thiazole rings is 1. The molecule has 0 spiro atoms. The number of nitrogens with one attached hydrogen (secondary N) is 1. The molecule has 2 N–H and O–H groups in total. The van der Waals surface area contributed by atoms with E-state index in [9.17, 15) is 9.90 Å². The van der Waals surface area contributed by atoms with Gasteiger partial charge in [0.05, 0.1) is 10.7 Å². The summed E-state index contributed by atoms with van der Waals surface area (Å²) < 4.78 is 0. The number of aliphatic hydroxyl groups is 1. The average Bonchev–Trinajstić information content (AvgIpc) is 2.94. The minimum absolute atomic E-state index is 0.0108. The highest BCUT2D eigenvalue weighted by molar-refractivity contribution is 7.11. The Balaban J connectivity index is 1.75. The van der Waals surface area contributed by atoms with Crippen LogP contribution < -0.4 is 5.32 Å². The lowest BCUT2D eigenvalue weighted by atomic mass is 9.77. The van der Waals surface area contributed by atoms with Crippen molar-refractivity contribution >= 4 is 17.4 Å². The fraction of sp³-hybridized carbons (Fsp3) is 0.765. The fourth-order valence-electron chi connectivity index (χ4n) is 3.12. The van der Waals surface area contributed by atoms with Crippen molar-refractivity contribution in [2.45, 2.75) is 52.9 Å². The van der Waals surface area contributed by atoms with Gasteiger partial charge in [0.15, 0.2) is 0 Å². The molecule has 0 bridgehead atoms. The summed E-state index contributed by atoms with van der Waals surface area (Å²) in [6.07, 6.45) is 4.51. The topological polar surface area (TPSA) is 65.5 Å². The van der Waals surface area contributed by atoms with Crippen LogP contribution >= 0.6 is 11.3 Å². The summed E-state index contributed by atoms with van der Waals surface area (Å²) in [4.78, 5) is 20.0. The van der Waals surface area contributed by atoms with E-state index in [4.69, 9.17) is 0 Å². The summed E-state index contributed by atoms with van der Waals surface area (Å²) in [7, 11) is 0. The van der Waals surface area contributed by atoms with Crippen molar-refractivity contribution in [2.75, 3.05) is 26.2 Å². The van der Waals surface area contributed by atoms with Gasteiger partial charge in [0.1, 0.15) is 0 Å². The first-order valence-corrected chi connectivity index (χ1v) is 9.44. The Hall–Kier alpha value is -1.14. The van der Waals surface area contributed by atoms with E-state index >= 15 is 0 Å². The van der Waals surface area contributed by atoms with Crippen LogP contribution in [-0.2, 0) is 12.8 Å². The lowest BCUT2D eigenvalue weighted by molar-refractivity contribution is 0.0520. The van der Waals surface area contributed by atoms with Gasteiger partial charge in [0.2, 0.25) is 0 Å². The van der Waals surface area contributed by atoms with Crippen LogP contribution in [0, 0.1) is 12.3 Å². The highest BCUT2D eigenvalue weighted by atomic mass is 32.1. The van der Waals surface area contributed by atoms with Crippen LogP contribution in [0.25, 0.3) is 0 Å². The first-order chi connectivity index (χ1) is 11.0. The molecule has 2 heterocycles. The molecule has 1 aliphatic heterocycles. The van der Waals surface area contributed by atoms with Gasteiger partial charge in [-0.05, 0) is 38.0 Å². The second-order valence-corrected chi connectivity index (χ2v) is 7.73. The molecule has 0 atom stereocenters. The molecule has 1 saturated heterocycles. The Morgan fingerprint density at radius 2 is 2.09 bits per heavy atom. The number of aryl methyl sites for hydroxylation is 2. The van der Waals surface area contributed by atoms with E-state index < -0.39 is 0 Å². The van der Waals surface area contributed by atoms with E-state index in [0.29, 0.717) is 6.54 Å². The third-order valence-electron chi connectivity index (χ3n) is 5.08. The first-order valence-electron chi connectivity index (χ1n) is 8.62. The van der Waals surface area contributed by atoms with Crippen LogP contribution in [0.5, 0.6) is 0 Å². The lowest BCUT2D eigenvalue weighted by Crippen LogP contribution is -2.48. The fourth-order valence-corrected chi connectivity index (χ4v) is 4.14. The van der Waals surface area contributed by atoms with E-state index in [0.717, 1.165) is 50.2 Å². The molecule has 1 aliphatic rings. The first kappa shape index (κ1) is 18.2. The number of nitrogens with zero attached hydrogens (tertiary/aromatic N) is 2. The highest BCUT2D eigenvalue weighted by Gasteiger charge is 2.33. The Bertz CT molecular complexity index is 516. The second-order valence-electron chi connectivity index (χ2n) is 6.44. The van der Waals surface area contributed by atoms with Crippen molar-refractivity contribution in [3.8, 4) is 0 Å². The molecule has 0 aromatic carbocycles. The van der Waals surface area contributed by atoms with Crippen molar-refractivity contribution in [1.29, 1.82) is 0 Å². The minimum Gasteiger partial charge on any atom is -0.396 e. The third-order valence-corrected chi connectivity index (χ3v) is 6.16. The molecule has 0 aliphatic carbocycles. The van der Waals surface area contributed by atoms with Crippen molar-refractivity contribution in [2.24, 2.45) is 5.41 Å². The third kappa shape index (κ3) is 4.44. The minimum atomic E-state index is 0.0108. The summed E-state index contributed by atoms with van der Waals surface area (Å²) in [5.41, 5.74) is 1.19. The molecule has 130 valence electrons. The van der Waals surface area contributed by atoms with Crippen LogP contribution in [0.2, 0.25) is 0 Å². The average molecular weight is 340 g/mol. The zero-order valence-corrected chi connectivity index (χ0v) is 15.3. The Morgan fingerprint density at radius 1 is 1.39 bits per heavy atom. The van der Waals surface area contributed by atoms with E-state index in [2.05, 4.69) is 31.1 Å². The molecular formula is C17H29N3O2S. The normalized spacial score (nSPS) is 17.3. The summed E-state index contributed by atoms with van der Waals surface area (Å²) in [5.74, 6) is 0. The molecule has 23 heavy (non-hydrogen) atoms. The largest absolute Gasteiger partial charge is 0.396 e. The summed E-state index contributed by atoms with van der Waals surface area (Å²) in [5, 5.41) is 13.7. The van der Waals surface area contributed by atoms with Gasteiger partial charge >= 0.3 is 6.03 Å². The number of piperidine rings is 1. The Kier molecular flexibility index (Phi) is 6.41. The van der Waals surface area contributed by atoms with Gasteiger partial charge in [0, 0.05) is 37.5 Å². The molecule has 2 rings (SSSR count). The van der Waals surface area contributed by atoms with Crippen molar-refractivity contribution in [3.05, 3.63) is 15.6 Å². The predicted octanol–water partition coefficient (Wildman–Crippen LogP) is 2.75. The highest BCUT2D eigenvalue weighted by Crippen LogP contribution is 2.34. The van der Waals surface area contributed by atoms with Crippen molar-refractivity contribution in [3.63, 3.8) is 0 Å². The number of carbonyl (C=O) groups excluding carboxylic acids is 1. The number of urea groups is 1. The Labute approximate surface area is 143 Å². The lowest BCUT2D eigenvalue weighted by Gasteiger charge is -2.40. The molecule has 0 saturated carbocycles. The van der Waals surface area contributed by atoms with Crippen molar-refractivity contribution < 1.29 is 9.90 Å². The predicted molar refractivity (Wildman–Crippen MR) is 93.9 cm³/mol. The smallest absolute Gasteiger partial charge is 0.317 e. The van der Waals surface area contributed by atoms with Crippen LogP contribution in [0.3, 0.4) is 0 Å². The van der Waals surface area contributed by atoms with E-state index in [1.165, 1.54) is 10.6 Å². The zero-order valence-electron chi connectivity index (χ0n) is 14.5. The van der Waals surface area contributed by atoms with Gasteiger partial charge in [-0.3, -0.25) is 0 Å².